The van der Waals surface area contributed by atoms with Crippen LogP contribution in [0.5, 0.6) is 0 Å². The molecule has 0 aromatic carbocycles. The standard InChI is InChI=1S/C15H28N2O/c1-15(2)10-17(9-14(7-16)18-15)8-13-6-11-3-4-12(13)5-11/h11-14H,3-10,16H2,1-2H3. The zero-order valence-corrected chi connectivity index (χ0v) is 11.9. The second kappa shape index (κ2) is 4.77. The van der Waals surface area contributed by atoms with Crippen LogP contribution in [0.25, 0.3) is 0 Å². The number of ether oxygens (including phenoxy) is 1. The second-order valence-corrected chi connectivity index (χ2v) is 7.36. The van der Waals surface area contributed by atoms with Crippen LogP contribution in [0.15, 0.2) is 0 Å². The summed E-state index contributed by atoms with van der Waals surface area (Å²) in [5.41, 5.74) is 5.78. The molecule has 4 unspecified atom stereocenters. The average Bonchev–Trinajstić information content (AvgIpc) is 2.88. The Labute approximate surface area is 111 Å². The highest BCUT2D eigenvalue weighted by molar-refractivity contribution is 4.93. The van der Waals surface area contributed by atoms with Crippen LogP contribution in [0, 0.1) is 17.8 Å². The predicted molar refractivity (Wildman–Crippen MR) is 73.4 cm³/mol. The van der Waals surface area contributed by atoms with Crippen molar-refractivity contribution in [1.29, 1.82) is 0 Å². The van der Waals surface area contributed by atoms with Gasteiger partial charge in [0.05, 0.1) is 11.7 Å². The summed E-state index contributed by atoms with van der Waals surface area (Å²) in [4.78, 5) is 2.62. The van der Waals surface area contributed by atoms with Gasteiger partial charge in [-0.25, -0.2) is 0 Å². The van der Waals surface area contributed by atoms with Crippen LogP contribution in [0.1, 0.15) is 39.5 Å². The van der Waals surface area contributed by atoms with Gasteiger partial charge in [-0.1, -0.05) is 6.42 Å². The number of fused-ring (bicyclic) bond motifs is 2. The van der Waals surface area contributed by atoms with Gasteiger partial charge in [-0.05, 0) is 50.9 Å². The molecular formula is C15H28N2O. The van der Waals surface area contributed by atoms with Crippen LogP contribution < -0.4 is 5.73 Å². The van der Waals surface area contributed by atoms with Crippen molar-refractivity contribution in [3.63, 3.8) is 0 Å². The lowest BCUT2D eigenvalue weighted by molar-refractivity contribution is -0.135. The smallest absolute Gasteiger partial charge is 0.0831 e. The molecular weight excluding hydrogens is 224 g/mol. The molecule has 0 radical (unpaired) electrons. The molecule has 18 heavy (non-hydrogen) atoms. The monoisotopic (exact) mass is 252 g/mol. The van der Waals surface area contributed by atoms with Crippen molar-refractivity contribution in [2.24, 2.45) is 23.5 Å². The second-order valence-electron chi connectivity index (χ2n) is 7.36. The molecule has 1 saturated heterocycles. The van der Waals surface area contributed by atoms with E-state index in [1.807, 2.05) is 0 Å². The molecule has 1 heterocycles. The Hall–Kier alpha value is -0.120. The number of hydrogen-bond acceptors (Lipinski definition) is 3. The van der Waals surface area contributed by atoms with Crippen molar-refractivity contribution in [3.8, 4) is 0 Å². The minimum absolute atomic E-state index is 0.0279. The predicted octanol–water partition coefficient (Wildman–Crippen LogP) is 1.86. The molecule has 3 rings (SSSR count). The molecule has 3 heteroatoms. The lowest BCUT2D eigenvalue weighted by Crippen LogP contribution is -2.55. The van der Waals surface area contributed by atoms with Gasteiger partial charge in [0, 0.05) is 26.2 Å². The molecule has 3 aliphatic rings. The molecule has 0 aromatic heterocycles. The Morgan fingerprint density at radius 1 is 1.28 bits per heavy atom. The first-order valence-electron chi connectivity index (χ1n) is 7.66. The summed E-state index contributed by atoms with van der Waals surface area (Å²) in [5.74, 6) is 3.03. The molecule has 3 fully saturated rings. The fraction of sp³-hybridized carbons (Fsp3) is 1.00. The minimum Gasteiger partial charge on any atom is -0.368 e. The summed E-state index contributed by atoms with van der Waals surface area (Å²) >= 11 is 0. The van der Waals surface area contributed by atoms with Gasteiger partial charge in [0.1, 0.15) is 0 Å². The van der Waals surface area contributed by atoms with Gasteiger partial charge in [0.25, 0.3) is 0 Å². The van der Waals surface area contributed by atoms with E-state index in [4.69, 9.17) is 10.5 Å². The third-order valence-corrected chi connectivity index (χ3v) is 5.19. The van der Waals surface area contributed by atoms with E-state index >= 15 is 0 Å². The Morgan fingerprint density at radius 3 is 2.72 bits per heavy atom. The van der Waals surface area contributed by atoms with Crippen molar-refractivity contribution in [1.82, 2.24) is 4.90 Å². The van der Waals surface area contributed by atoms with Crippen molar-refractivity contribution >= 4 is 0 Å². The highest BCUT2D eigenvalue weighted by Crippen LogP contribution is 2.48. The maximum atomic E-state index is 6.01. The Morgan fingerprint density at radius 2 is 2.11 bits per heavy atom. The summed E-state index contributed by atoms with van der Waals surface area (Å²) in [5, 5.41) is 0. The normalized spacial score (nSPS) is 43.5. The summed E-state index contributed by atoms with van der Waals surface area (Å²) in [6.45, 7) is 8.43. The summed E-state index contributed by atoms with van der Waals surface area (Å²) in [6, 6.07) is 0. The molecule has 0 amide bonds. The Kier molecular flexibility index (Phi) is 3.41. The lowest BCUT2D eigenvalue weighted by atomic mass is 9.88. The van der Waals surface area contributed by atoms with Crippen molar-refractivity contribution in [2.75, 3.05) is 26.2 Å². The van der Waals surface area contributed by atoms with Gasteiger partial charge in [0.2, 0.25) is 0 Å². The molecule has 0 spiro atoms. The van der Waals surface area contributed by atoms with Crippen molar-refractivity contribution < 1.29 is 4.74 Å². The van der Waals surface area contributed by atoms with Crippen LogP contribution in [0.2, 0.25) is 0 Å². The van der Waals surface area contributed by atoms with Crippen LogP contribution in [0.4, 0.5) is 0 Å². The summed E-state index contributed by atoms with van der Waals surface area (Å²) in [7, 11) is 0. The third-order valence-electron chi connectivity index (χ3n) is 5.19. The molecule has 2 aliphatic carbocycles. The number of nitrogens with two attached hydrogens (primary N) is 1. The Bertz CT molecular complexity index is 305. The van der Waals surface area contributed by atoms with E-state index in [2.05, 4.69) is 18.7 Å². The number of hydrogen-bond donors (Lipinski definition) is 1. The minimum atomic E-state index is -0.0279. The fourth-order valence-electron chi connectivity index (χ4n) is 4.61. The third kappa shape index (κ3) is 2.59. The molecule has 3 nitrogen and oxygen atoms in total. The van der Waals surface area contributed by atoms with Crippen LogP contribution >= 0.6 is 0 Å². The number of rotatable bonds is 3. The van der Waals surface area contributed by atoms with Gasteiger partial charge < -0.3 is 10.5 Å². The van der Waals surface area contributed by atoms with E-state index in [-0.39, 0.29) is 11.7 Å². The zero-order chi connectivity index (χ0) is 12.8. The van der Waals surface area contributed by atoms with E-state index in [1.54, 1.807) is 0 Å². The summed E-state index contributed by atoms with van der Waals surface area (Å²) < 4.78 is 6.01. The fourth-order valence-corrected chi connectivity index (χ4v) is 4.61. The van der Waals surface area contributed by atoms with Gasteiger partial charge in [-0.3, -0.25) is 4.90 Å². The molecule has 1 aliphatic heterocycles. The van der Waals surface area contributed by atoms with Gasteiger partial charge in [0.15, 0.2) is 0 Å². The molecule has 2 saturated carbocycles. The van der Waals surface area contributed by atoms with Crippen LogP contribution in [-0.2, 0) is 4.74 Å². The first kappa shape index (κ1) is 12.9. The quantitative estimate of drug-likeness (QED) is 0.833. The molecule has 2 bridgehead atoms. The Balaban J connectivity index is 1.58. The zero-order valence-electron chi connectivity index (χ0n) is 11.9. The summed E-state index contributed by atoms with van der Waals surface area (Å²) in [6.07, 6.45) is 6.21. The topological polar surface area (TPSA) is 38.5 Å². The van der Waals surface area contributed by atoms with E-state index < -0.39 is 0 Å². The SMILES string of the molecule is CC1(C)CN(CC2CC3CCC2C3)CC(CN)O1. The van der Waals surface area contributed by atoms with E-state index in [9.17, 15) is 0 Å². The first-order valence-corrected chi connectivity index (χ1v) is 7.66. The maximum absolute atomic E-state index is 6.01. The average molecular weight is 252 g/mol. The molecule has 104 valence electrons. The number of morpholine rings is 1. The van der Waals surface area contributed by atoms with E-state index in [0.717, 1.165) is 30.8 Å². The largest absolute Gasteiger partial charge is 0.368 e. The van der Waals surface area contributed by atoms with Crippen LogP contribution in [-0.4, -0.2) is 42.8 Å². The van der Waals surface area contributed by atoms with Gasteiger partial charge >= 0.3 is 0 Å². The molecule has 0 aromatic rings. The first-order chi connectivity index (χ1) is 8.55. The van der Waals surface area contributed by atoms with E-state index in [1.165, 1.54) is 32.2 Å². The highest BCUT2D eigenvalue weighted by Gasteiger charge is 2.41. The van der Waals surface area contributed by atoms with Crippen molar-refractivity contribution in [2.45, 2.75) is 51.2 Å². The van der Waals surface area contributed by atoms with E-state index in [0.29, 0.717) is 6.54 Å². The molecule has 2 N–H and O–H groups in total. The van der Waals surface area contributed by atoms with Gasteiger partial charge in [-0.2, -0.15) is 0 Å². The number of nitrogens with zero attached hydrogens (tertiary/aromatic N) is 1. The highest BCUT2D eigenvalue weighted by atomic mass is 16.5. The van der Waals surface area contributed by atoms with Gasteiger partial charge in [-0.15, -0.1) is 0 Å². The van der Waals surface area contributed by atoms with Crippen LogP contribution in [0.3, 0.4) is 0 Å². The van der Waals surface area contributed by atoms with Crippen molar-refractivity contribution in [3.05, 3.63) is 0 Å². The maximum Gasteiger partial charge on any atom is 0.0831 e. The lowest BCUT2D eigenvalue weighted by Gasteiger charge is -2.44. The molecule has 4 atom stereocenters.